The van der Waals surface area contributed by atoms with Crippen LogP contribution in [0.5, 0.6) is 0 Å². The molecule has 1 N–H and O–H groups in total. The maximum absolute atomic E-state index is 13.2. The molecule has 1 atom stereocenters. The molecule has 1 aromatic rings. The Labute approximate surface area is 112 Å². The molecule has 1 fully saturated rings. The lowest BCUT2D eigenvalue weighted by molar-refractivity contribution is 0.0174. The second-order valence-electron chi connectivity index (χ2n) is 5.11. The number of halogens is 3. The lowest BCUT2D eigenvalue weighted by Crippen LogP contribution is -2.30. The summed E-state index contributed by atoms with van der Waals surface area (Å²) >= 11 is 6.10. The molecular formula is C14H18ClF2N. The van der Waals surface area contributed by atoms with Crippen LogP contribution in [0.2, 0.25) is 5.02 Å². The molecule has 0 bridgehead atoms. The fourth-order valence-corrected chi connectivity index (χ4v) is 2.65. The van der Waals surface area contributed by atoms with Crippen LogP contribution in [0.3, 0.4) is 0 Å². The maximum Gasteiger partial charge on any atom is 0.270 e. The zero-order valence-electron chi connectivity index (χ0n) is 10.5. The number of piperidine rings is 1. The molecule has 0 amide bonds. The summed E-state index contributed by atoms with van der Waals surface area (Å²) in [6.07, 6.45) is 3.21. The predicted octanol–water partition coefficient (Wildman–Crippen LogP) is 3.99. The minimum atomic E-state index is -2.82. The van der Waals surface area contributed by atoms with Gasteiger partial charge in [0.25, 0.3) is 5.92 Å². The molecule has 1 aliphatic heterocycles. The van der Waals surface area contributed by atoms with Crippen molar-refractivity contribution >= 4 is 11.6 Å². The van der Waals surface area contributed by atoms with Crippen LogP contribution in [0.1, 0.15) is 30.9 Å². The Morgan fingerprint density at radius 2 is 2.22 bits per heavy atom. The van der Waals surface area contributed by atoms with E-state index in [4.69, 9.17) is 11.6 Å². The second kappa shape index (κ2) is 5.54. The molecule has 100 valence electrons. The van der Waals surface area contributed by atoms with Crippen LogP contribution < -0.4 is 5.32 Å². The number of benzene rings is 1. The van der Waals surface area contributed by atoms with E-state index in [2.05, 4.69) is 5.32 Å². The molecule has 1 saturated heterocycles. The zero-order chi connectivity index (χ0) is 13.2. The van der Waals surface area contributed by atoms with Gasteiger partial charge in [-0.1, -0.05) is 23.7 Å². The Kier molecular flexibility index (Phi) is 4.23. The monoisotopic (exact) mass is 273 g/mol. The molecule has 1 aliphatic rings. The number of hydrogen-bond acceptors (Lipinski definition) is 1. The second-order valence-corrected chi connectivity index (χ2v) is 5.52. The van der Waals surface area contributed by atoms with Crippen LogP contribution in [0.25, 0.3) is 0 Å². The molecule has 0 spiro atoms. The van der Waals surface area contributed by atoms with E-state index in [1.54, 1.807) is 6.07 Å². The Morgan fingerprint density at radius 1 is 1.44 bits per heavy atom. The lowest BCUT2D eigenvalue weighted by atomic mass is 9.91. The molecule has 0 aliphatic carbocycles. The third kappa shape index (κ3) is 3.42. The summed E-state index contributed by atoms with van der Waals surface area (Å²) in [7, 11) is 0. The molecule has 0 radical (unpaired) electrons. The molecule has 0 aromatic heterocycles. The summed E-state index contributed by atoms with van der Waals surface area (Å²) < 4.78 is 26.3. The van der Waals surface area contributed by atoms with E-state index in [0.29, 0.717) is 10.9 Å². The molecule has 1 nitrogen and oxygen atoms in total. The smallest absolute Gasteiger partial charge is 0.270 e. The quantitative estimate of drug-likeness (QED) is 0.878. The summed E-state index contributed by atoms with van der Waals surface area (Å²) in [6, 6.07) is 4.62. The van der Waals surface area contributed by atoms with Gasteiger partial charge in [-0.15, -0.1) is 0 Å². The van der Waals surface area contributed by atoms with Gasteiger partial charge >= 0.3 is 0 Å². The Balaban J connectivity index is 2.09. The highest BCUT2D eigenvalue weighted by molar-refractivity contribution is 6.31. The third-order valence-electron chi connectivity index (χ3n) is 3.47. The highest BCUT2D eigenvalue weighted by Gasteiger charge is 2.25. The van der Waals surface area contributed by atoms with E-state index in [1.165, 1.54) is 25.0 Å². The highest BCUT2D eigenvalue weighted by atomic mass is 35.5. The van der Waals surface area contributed by atoms with Gasteiger partial charge in [-0.05, 0) is 49.9 Å². The van der Waals surface area contributed by atoms with Gasteiger partial charge in [0.15, 0.2) is 0 Å². The van der Waals surface area contributed by atoms with Gasteiger partial charge < -0.3 is 5.32 Å². The molecule has 1 heterocycles. The largest absolute Gasteiger partial charge is 0.316 e. The predicted molar refractivity (Wildman–Crippen MR) is 70.3 cm³/mol. The highest BCUT2D eigenvalue weighted by Crippen LogP contribution is 2.31. The van der Waals surface area contributed by atoms with Crippen molar-refractivity contribution < 1.29 is 8.78 Å². The average molecular weight is 274 g/mol. The number of hydrogen-bond donors (Lipinski definition) is 1. The van der Waals surface area contributed by atoms with E-state index in [-0.39, 0.29) is 5.56 Å². The molecule has 4 heteroatoms. The zero-order valence-corrected chi connectivity index (χ0v) is 11.2. The fourth-order valence-electron chi connectivity index (χ4n) is 2.40. The van der Waals surface area contributed by atoms with E-state index in [9.17, 15) is 8.78 Å². The van der Waals surface area contributed by atoms with E-state index >= 15 is 0 Å². The first-order chi connectivity index (χ1) is 8.47. The van der Waals surface area contributed by atoms with Crippen LogP contribution in [0, 0.1) is 5.92 Å². The van der Waals surface area contributed by atoms with Crippen molar-refractivity contribution in [2.45, 2.75) is 32.1 Å². The van der Waals surface area contributed by atoms with Crippen molar-refractivity contribution in [3.05, 3.63) is 34.3 Å². The van der Waals surface area contributed by atoms with Crippen LogP contribution in [-0.2, 0) is 12.3 Å². The molecule has 1 aromatic carbocycles. The maximum atomic E-state index is 13.2. The van der Waals surface area contributed by atoms with Gasteiger partial charge in [-0.25, -0.2) is 8.78 Å². The average Bonchev–Trinajstić information content (AvgIpc) is 2.32. The van der Waals surface area contributed by atoms with Gasteiger partial charge in [-0.3, -0.25) is 0 Å². The van der Waals surface area contributed by atoms with Crippen LogP contribution in [0.15, 0.2) is 18.2 Å². The van der Waals surface area contributed by atoms with Crippen molar-refractivity contribution in [2.75, 3.05) is 13.1 Å². The molecule has 2 rings (SSSR count). The van der Waals surface area contributed by atoms with E-state index in [0.717, 1.165) is 32.0 Å². The summed E-state index contributed by atoms with van der Waals surface area (Å²) in [6.45, 7) is 2.95. The molecular weight excluding hydrogens is 256 g/mol. The summed E-state index contributed by atoms with van der Waals surface area (Å²) in [5.74, 6) is -2.27. The Hall–Kier alpha value is -0.670. The van der Waals surface area contributed by atoms with E-state index < -0.39 is 5.92 Å². The third-order valence-corrected chi connectivity index (χ3v) is 3.82. The summed E-state index contributed by atoms with van der Waals surface area (Å²) in [4.78, 5) is 0. The fraction of sp³-hybridized carbons (Fsp3) is 0.571. The Morgan fingerprint density at radius 3 is 2.78 bits per heavy atom. The minimum absolute atomic E-state index is 0.0157. The van der Waals surface area contributed by atoms with Gasteiger partial charge in [-0.2, -0.15) is 0 Å². The van der Waals surface area contributed by atoms with Crippen LogP contribution >= 0.6 is 11.6 Å². The lowest BCUT2D eigenvalue weighted by Gasteiger charge is -2.23. The first-order valence-corrected chi connectivity index (χ1v) is 6.72. The number of alkyl halides is 2. The Bertz CT molecular complexity index is 409. The number of nitrogens with one attached hydrogen (secondary N) is 1. The molecule has 0 saturated carbocycles. The SMILES string of the molecule is CC(F)(F)c1ccc(CC2CCCNC2)c(Cl)c1. The van der Waals surface area contributed by atoms with E-state index in [1.807, 2.05) is 0 Å². The first-order valence-electron chi connectivity index (χ1n) is 6.34. The van der Waals surface area contributed by atoms with Gasteiger partial charge in [0.1, 0.15) is 0 Å². The van der Waals surface area contributed by atoms with Crippen LogP contribution in [0.4, 0.5) is 8.78 Å². The summed E-state index contributed by atoms with van der Waals surface area (Å²) in [5.41, 5.74) is 0.955. The molecule has 18 heavy (non-hydrogen) atoms. The van der Waals surface area contributed by atoms with Gasteiger partial charge in [0.05, 0.1) is 0 Å². The first kappa shape index (κ1) is 13.8. The summed E-state index contributed by atoms with van der Waals surface area (Å²) in [5, 5.41) is 3.81. The minimum Gasteiger partial charge on any atom is -0.316 e. The van der Waals surface area contributed by atoms with Crippen molar-refractivity contribution in [1.29, 1.82) is 0 Å². The number of rotatable bonds is 3. The van der Waals surface area contributed by atoms with Gasteiger partial charge in [0, 0.05) is 17.5 Å². The van der Waals surface area contributed by atoms with Gasteiger partial charge in [0.2, 0.25) is 0 Å². The topological polar surface area (TPSA) is 12.0 Å². The standard InChI is InChI=1S/C14H18ClF2N/c1-14(16,17)12-5-4-11(13(15)8-12)7-10-3-2-6-18-9-10/h4-5,8,10,18H,2-3,6-7,9H2,1H3. The van der Waals surface area contributed by atoms with Crippen molar-refractivity contribution in [1.82, 2.24) is 5.32 Å². The van der Waals surface area contributed by atoms with Crippen molar-refractivity contribution in [3.63, 3.8) is 0 Å². The normalized spacial score (nSPS) is 21.0. The van der Waals surface area contributed by atoms with Crippen LogP contribution in [-0.4, -0.2) is 13.1 Å². The van der Waals surface area contributed by atoms with Crippen molar-refractivity contribution in [2.24, 2.45) is 5.92 Å². The van der Waals surface area contributed by atoms with Crippen molar-refractivity contribution in [3.8, 4) is 0 Å². The molecule has 1 unspecified atom stereocenters.